The Bertz CT molecular complexity index is 714. The highest BCUT2D eigenvalue weighted by Gasteiger charge is 2.19. The maximum atomic E-state index is 12.0. The van der Waals surface area contributed by atoms with Crippen LogP contribution in [0.1, 0.15) is 6.92 Å². The summed E-state index contributed by atoms with van der Waals surface area (Å²) in [6.07, 6.45) is 1.59. The van der Waals surface area contributed by atoms with Gasteiger partial charge in [0.15, 0.2) is 5.75 Å². The lowest BCUT2D eigenvalue weighted by Gasteiger charge is -2.23. The Kier molecular flexibility index (Phi) is 6.14. The lowest BCUT2D eigenvalue weighted by molar-refractivity contribution is -0.122. The van der Waals surface area contributed by atoms with Crippen molar-refractivity contribution in [3.63, 3.8) is 0 Å². The fourth-order valence-electron chi connectivity index (χ4n) is 2.13. The maximum absolute atomic E-state index is 12.0. The van der Waals surface area contributed by atoms with E-state index in [0.717, 1.165) is 0 Å². The molecule has 2 aromatic carbocycles. The summed E-state index contributed by atoms with van der Waals surface area (Å²) >= 11 is 0. The molecule has 2 rings (SSSR count). The van der Waals surface area contributed by atoms with Crippen LogP contribution >= 0.6 is 0 Å². The second-order valence-corrected chi connectivity index (χ2v) is 5.08. The lowest BCUT2D eigenvalue weighted by atomic mass is 10.2. The molecule has 5 nitrogen and oxygen atoms in total. The Balaban J connectivity index is 2.25. The Morgan fingerprint density at radius 2 is 1.79 bits per heavy atom. The standard InChI is InChI=1S/C19H20N2O3/c1-3-13-20-19(23)14-21(15(2)22)17-11-7-8-12-18(17)24-16-9-5-4-6-10-16/h3-12H,1,13-14H2,2H3,(H,20,23). The summed E-state index contributed by atoms with van der Waals surface area (Å²) in [5.74, 6) is 0.660. The topological polar surface area (TPSA) is 58.6 Å². The normalized spacial score (nSPS) is 9.88. The highest BCUT2D eigenvalue weighted by molar-refractivity contribution is 5.98. The lowest BCUT2D eigenvalue weighted by Crippen LogP contribution is -2.40. The zero-order valence-electron chi connectivity index (χ0n) is 13.6. The van der Waals surface area contributed by atoms with Gasteiger partial charge >= 0.3 is 0 Å². The number of nitrogens with one attached hydrogen (secondary N) is 1. The smallest absolute Gasteiger partial charge is 0.240 e. The van der Waals surface area contributed by atoms with E-state index in [1.54, 1.807) is 24.3 Å². The van der Waals surface area contributed by atoms with Crippen molar-refractivity contribution < 1.29 is 14.3 Å². The third kappa shape index (κ3) is 4.71. The average Bonchev–Trinajstić information content (AvgIpc) is 2.59. The van der Waals surface area contributed by atoms with Gasteiger partial charge in [0, 0.05) is 13.5 Å². The van der Waals surface area contributed by atoms with E-state index < -0.39 is 0 Å². The molecule has 0 aliphatic carbocycles. The van der Waals surface area contributed by atoms with Gasteiger partial charge in [-0.25, -0.2) is 0 Å². The first-order valence-corrected chi connectivity index (χ1v) is 7.59. The number of nitrogens with zero attached hydrogens (tertiary/aromatic N) is 1. The molecule has 0 radical (unpaired) electrons. The molecule has 24 heavy (non-hydrogen) atoms. The van der Waals surface area contributed by atoms with Crippen LogP contribution in [0.25, 0.3) is 0 Å². The molecule has 0 spiro atoms. The van der Waals surface area contributed by atoms with E-state index in [1.807, 2.05) is 36.4 Å². The Morgan fingerprint density at radius 3 is 2.46 bits per heavy atom. The molecule has 0 bridgehead atoms. The average molecular weight is 324 g/mol. The minimum absolute atomic E-state index is 0.0850. The summed E-state index contributed by atoms with van der Waals surface area (Å²) in [4.78, 5) is 25.4. The molecule has 0 aliphatic rings. The van der Waals surface area contributed by atoms with E-state index in [-0.39, 0.29) is 18.4 Å². The van der Waals surface area contributed by atoms with Gasteiger partial charge in [-0.05, 0) is 24.3 Å². The molecular weight excluding hydrogens is 304 g/mol. The molecule has 0 heterocycles. The van der Waals surface area contributed by atoms with Crippen molar-refractivity contribution in [2.75, 3.05) is 18.0 Å². The van der Waals surface area contributed by atoms with E-state index in [0.29, 0.717) is 23.7 Å². The summed E-state index contributed by atoms with van der Waals surface area (Å²) in [6, 6.07) is 16.4. The third-order valence-corrected chi connectivity index (χ3v) is 3.25. The summed E-state index contributed by atoms with van der Waals surface area (Å²) in [5, 5.41) is 2.66. The summed E-state index contributed by atoms with van der Waals surface area (Å²) < 4.78 is 5.86. The number of para-hydroxylation sites is 3. The van der Waals surface area contributed by atoms with Crippen molar-refractivity contribution in [2.45, 2.75) is 6.92 Å². The van der Waals surface area contributed by atoms with Crippen molar-refractivity contribution in [1.82, 2.24) is 5.32 Å². The van der Waals surface area contributed by atoms with Gasteiger partial charge in [0.05, 0.1) is 5.69 Å². The van der Waals surface area contributed by atoms with E-state index >= 15 is 0 Å². The molecule has 0 aliphatic heterocycles. The minimum Gasteiger partial charge on any atom is -0.455 e. The maximum Gasteiger partial charge on any atom is 0.240 e. The summed E-state index contributed by atoms with van der Waals surface area (Å²) in [7, 11) is 0. The van der Waals surface area contributed by atoms with Crippen molar-refractivity contribution in [3.8, 4) is 11.5 Å². The number of rotatable bonds is 7. The summed E-state index contributed by atoms with van der Waals surface area (Å²) in [6.45, 7) is 5.24. The number of hydrogen-bond acceptors (Lipinski definition) is 3. The molecular formula is C19H20N2O3. The molecule has 2 amide bonds. The van der Waals surface area contributed by atoms with Gasteiger partial charge in [0.25, 0.3) is 0 Å². The SMILES string of the molecule is C=CCNC(=O)CN(C(C)=O)c1ccccc1Oc1ccccc1. The van der Waals surface area contributed by atoms with E-state index in [1.165, 1.54) is 11.8 Å². The van der Waals surface area contributed by atoms with Gasteiger partial charge in [-0.2, -0.15) is 0 Å². The van der Waals surface area contributed by atoms with Crippen LogP contribution in [0, 0.1) is 0 Å². The number of hydrogen-bond donors (Lipinski definition) is 1. The molecule has 0 saturated heterocycles. The van der Waals surface area contributed by atoms with Gasteiger partial charge in [0.1, 0.15) is 12.3 Å². The van der Waals surface area contributed by atoms with Crippen LogP contribution in [-0.2, 0) is 9.59 Å². The summed E-state index contributed by atoms with van der Waals surface area (Å²) in [5.41, 5.74) is 0.544. The van der Waals surface area contributed by atoms with Gasteiger partial charge in [-0.3, -0.25) is 14.5 Å². The second-order valence-electron chi connectivity index (χ2n) is 5.08. The molecule has 2 aromatic rings. The monoisotopic (exact) mass is 324 g/mol. The molecule has 0 atom stereocenters. The number of carbonyl (C=O) groups is 2. The van der Waals surface area contributed by atoms with Crippen molar-refractivity contribution >= 4 is 17.5 Å². The number of benzene rings is 2. The first-order valence-electron chi connectivity index (χ1n) is 7.59. The van der Waals surface area contributed by atoms with Gasteiger partial charge in [0.2, 0.25) is 11.8 Å². The number of ether oxygens (including phenoxy) is 1. The van der Waals surface area contributed by atoms with E-state index in [4.69, 9.17) is 4.74 Å². The van der Waals surface area contributed by atoms with E-state index in [2.05, 4.69) is 11.9 Å². The highest BCUT2D eigenvalue weighted by atomic mass is 16.5. The van der Waals surface area contributed by atoms with Gasteiger partial charge in [-0.15, -0.1) is 6.58 Å². The molecule has 0 unspecified atom stereocenters. The molecule has 1 N–H and O–H groups in total. The zero-order valence-corrected chi connectivity index (χ0v) is 13.6. The Labute approximate surface area is 141 Å². The molecule has 0 aromatic heterocycles. The van der Waals surface area contributed by atoms with Crippen LogP contribution in [0.3, 0.4) is 0 Å². The largest absolute Gasteiger partial charge is 0.455 e. The Morgan fingerprint density at radius 1 is 1.12 bits per heavy atom. The molecule has 124 valence electrons. The first-order chi connectivity index (χ1) is 11.6. The first kappa shape index (κ1) is 17.3. The number of carbonyl (C=O) groups excluding carboxylic acids is 2. The molecule has 5 heteroatoms. The van der Waals surface area contributed by atoms with Crippen LogP contribution in [0.15, 0.2) is 67.3 Å². The second kappa shape index (κ2) is 8.53. The van der Waals surface area contributed by atoms with Crippen LogP contribution in [0.2, 0.25) is 0 Å². The zero-order chi connectivity index (χ0) is 17.4. The number of anilines is 1. The van der Waals surface area contributed by atoms with Gasteiger partial charge in [-0.1, -0.05) is 36.4 Å². The quantitative estimate of drug-likeness (QED) is 0.796. The van der Waals surface area contributed by atoms with Crippen LogP contribution in [-0.4, -0.2) is 24.9 Å². The predicted octanol–water partition coefficient (Wildman–Crippen LogP) is 3.13. The van der Waals surface area contributed by atoms with Crippen molar-refractivity contribution in [2.24, 2.45) is 0 Å². The minimum atomic E-state index is -0.264. The van der Waals surface area contributed by atoms with Gasteiger partial charge < -0.3 is 10.1 Å². The highest BCUT2D eigenvalue weighted by Crippen LogP contribution is 2.32. The van der Waals surface area contributed by atoms with Crippen molar-refractivity contribution in [3.05, 3.63) is 67.3 Å². The Hall–Kier alpha value is -3.08. The molecule has 0 fully saturated rings. The number of amides is 2. The van der Waals surface area contributed by atoms with Crippen molar-refractivity contribution in [1.29, 1.82) is 0 Å². The fourth-order valence-corrected chi connectivity index (χ4v) is 2.13. The van der Waals surface area contributed by atoms with Crippen LogP contribution in [0.4, 0.5) is 5.69 Å². The van der Waals surface area contributed by atoms with Crippen LogP contribution in [0.5, 0.6) is 11.5 Å². The van der Waals surface area contributed by atoms with Crippen LogP contribution < -0.4 is 15.0 Å². The fraction of sp³-hybridized carbons (Fsp3) is 0.158. The molecule has 0 saturated carbocycles. The third-order valence-electron chi connectivity index (χ3n) is 3.25. The van der Waals surface area contributed by atoms with E-state index in [9.17, 15) is 9.59 Å². The predicted molar refractivity (Wildman–Crippen MR) is 94.2 cm³/mol.